The van der Waals surface area contributed by atoms with Crippen molar-refractivity contribution in [2.24, 2.45) is 0 Å². The van der Waals surface area contributed by atoms with E-state index in [0.29, 0.717) is 0 Å². The standard InChI is InChI=1S/C47H38GeN2O/c1-28(2)29-24-25-49-42(26-29)44-40(47(49)39-17-11-10-16-38(39)41-23-18-30(27-50(41)47)48(3,4)5)22-21-37-36-20-19-35-33-14-7-6-12-31(33)32-13-8-9-15-34(32)43(35)45(36)51-46(37)44/h6-28H,1-5H3/q+2/i28D. The first-order valence-electron chi connectivity index (χ1n) is 18.5. The minimum atomic E-state index is -2.24. The number of benzene rings is 6. The third kappa shape index (κ3) is 3.65. The summed E-state index contributed by atoms with van der Waals surface area (Å²) in [5.74, 6) is 6.64. The molecule has 6 aromatic carbocycles. The molecule has 0 saturated carbocycles. The summed E-state index contributed by atoms with van der Waals surface area (Å²) in [5, 5.41) is 9.54. The zero-order valence-corrected chi connectivity index (χ0v) is 31.6. The van der Waals surface area contributed by atoms with Crippen LogP contribution < -0.4 is 13.5 Å². The Balaban J connectivity index is 1.33. The quantitative estimate of drug-likeness (QED) is 0.0990. The fraction of sp³-hybridized carbons (Fsp3) is 0.149. The van der Waals surface area contributed by atoms with E-state index in [0.717, 1.165) is 44.1 Å². The predicted octanol–water partition coefficient (Wildman–Crippen LogP) is 10.5. The van der Waals surface area contributed by atoms with Gasteiger partial charge in [-0.25, -0.2) is 0 Å². The molecule has 1 unspecified atom stereocenters. The Hall–Kier alpha value is -5.26. The van der Waals surface area contributed by atoms with Gasteiger partial charge in [-0.15, -0.1) is 0 Å². The van der Waals surface area contributed by atoms with E-state index in [1.54, 1.807) is 0 Å². The van der Waals surface area contributed by atoms with Crippen LogP contribution in [0.5, 0.6) is 0 Å². The fourth-order valence-corrected chi connectivity index (χ4v) is 11.6. The summed E-state index contributed by atoms with van der Waals surface area (Å²) in [6, 6.07) is 44.7. The van der Waals surface area contributed by atoms with E-state index in [1.807, 2.05) is 13.8 Å². The molecule has 244 valence electrons. The summed E-state index contributed by atoms with van der Waals surface area (Å²) in [4.78, 5) is 0. The molecule has 5 heterocycles. The number of hydrogen-bond acceptors (Lipinski definition) is 1. The Morgan fingerprint density at radius 2 is 1.24 bits per heavy atom. The van der Waals surface area contributed by atoms with Crippen LogP contribution in [0.3, 0.4) is 0 Å². The van der Waals surface area contributed by atoms with Gasteiger partial charge >= 0.3 is 255 Å². The van der Waals surface area contributed by atoms with E-state index in [9.17, 15) is 0 Å². The molecule has 2 aliphatic heterocycles. The van der Waals surface area contributed by atoms with Gasteiger partial charge in [-0.3, -0.25) is 0 Å². The van der Waals surface area contributed by atoms with E-state index in [-0.39, 0.29) is 0 Å². The van der Waals surface area contributed by atoms with Gasteiger partial charge in [-0.2, -0.15) is 0 Å². The maximum atomic E-state index is 9.10. The molecular weight excluding hydrogens is 681 g/mol. The number of fused-ring (bicyclic) bond motifs is 21. The summed E-state index contributed by atoms with van der Waals surface area (Å²) in [5.41, 5.74) is 9.27. The molecule has 1 atom stereocenters. The van der Waals surface area contributed by atoms with E-state index < -0.39 is 24.8 Å². The van der Waals surface area contributed by atoms with Crippen molar-refractivity contribution < 1.29 is 14.9 Å². The molecular formula is C47H38GeN2O+2. The number of rotatable bonds is 2. The normalized spacial score (nSPS) is 16.7. The second-order valence-electron chi connectivity index (χ2n) is 15.7. The molecule has 0 radical (unpaired) electrons. The van der Waals surface area contributed by atoms with Crippen LogP contribution in [0.4, 0.5) is 0 Å². The van der Waals surface area contributed by atoms with Crippen molar-refractivity contribution in [1.29, 1.82) is 0 Å². The molecule has 9 aromatic rings. The van der Waals surface area contributed by atoms with Crippen molar-refractivity contribution >= 4 is 71.9 Å². The fourth-order valence-electron chi connectivity index (χ4n) is 9.34. The van der Waals surface area contributed by atoms with E-state index in [4.69, 9.17) is 5.79 Å². The summed E-state index contributed by atoms with van der Waals surface area (Å²) in [7, 11) is 0. The molecule has 0 fully saturated rings. The van der Waals surface area contributed by atoms with Crippen LogP contribution in [-0.4, -0.2) is 13.3 Å². The monoisotopic (exact) mass is 721 g/mol. The van der Waals surface area contributed by atoms with Crippen molar-refractivity contribution in [2.75, 3.05) is 0 Å². The molecule has 2 aliphatic rings. The predicted molar refractivity (Wildman–Crippen MR) is 213 cm³/mol. The van der Waals surface area contributed by atoms with Crippen molar-refractivity contribution in [3.63, 3.8) is 0 Å². The SMILES string of the molecule is [2H]C(C)(C)c1cc[n+]2c(c1)-c1c(ccc3c1oc1c3ccc3c4ccccc4c4ccccc4c31)C21c2ccccc2-c2cc[c]([Ge]([CH3])([CH3])[CH3])c[n+]21. The van der Waals surface area contributed by atoms with Crippen LogP contribution in [0, 0.1) is 0 Å². The summed E-state index contributed by atoms with van der Waals surface area (Å²) >= 11 is -2.24. The number of hydrogen-bond donors (Lipinski definition) is 0. The molecule has 0 aliphatic carbocycles. The zero-order chi connectivity index (χ0) is 35.3. The Bertz CT molecular complexity index is 3020. The van der Waals surface area contributed by atoms with E-state index in [1.165, 1.54) is 53.7 Å². The number of nitrogens with zero attached hydrogens (tertiary/aromatic N) is 2. The molecule has 51 heavy (non-hydrogen) atoms. The van der Waals surface area contributed by atoms with E-state index >= 15 is 0 Å². The first-order valence-corrected chi connectivity index (χ1v) is 25.4. The number of furan rings is 1. The van der Waals surface area contributed by atoms with Crippen LogP contribution in [0.1, 0.15) is 37.8 Å². The van der Waals surface area contributed by atoms with Crippen LogP contribution in [0.15, 0.2) is 138 Å². The second kappa shape index (κ2) is 9.95. The van der Waals surface area contributed by atoms with Crippen molar-refractivity contribution in [3.8, 4) is 22.5 Å². The summed E-state index contributed by atoms with van der Waals surface area (Å²) in [6.45, 7) is 3.95. The van der Waals surface area contributed by atoms with Gasteiger partial charge in [0.25, 0.3) is 0 Å². The molecule has 0 bridgehead atoms. The first-order chi connectivity index (χ1) is 25.1. The molecule has 3 nitrogen and oxygen atoms in total. The molecule has 0 N–H and O–H groups in total. The third-order valence-corrected chi connectivity index (χ3v) is 16.0. The second-order valence-corrected chi connectivity index (χ2v) is 26.4. The van der Waals surface area contributed by atoms with Gasteiger partial charge in [-0.05, 0) is 5.39 Å². The maximum absolute atomic E-state index is 9.10. The van der Waals surface area contributed by atoms with Gasteiger partial charge in [0.2, 0.25) is 0 Å². The van der Waals surface area contributed by atoms with Crippen molar-refractivity contribution in [2.45, 2.75) is 42.7 Å². The van der Waals surface area contributed by atoms with Crippen molar-refractivity contribution in [1.82, 2.24) is 0 Å². The molecule has 0 saturated heterocycles. The first kappa shape index (κ1) is 28.4. The number of pyridine rings is 2. The van der Waals surface area contributed by atoms with Crippen LogP contribution in [0.2, 0.25) is 17.3 Å². The Morgan fingerprint density at radius 3 is 1.98 bits per heavy atom. The van der Waals surface area contributed by atoms with Gasteiger partial charge in [0.1, 0.15) is 0 Å². The van der Waals surface area contributed by atoms with Crippen LogP contribution in [0.25, 0.3) is 76.8 Å². The molecule has 3 aromatic heterocycles. The average Bonchev–Trinajstić information content (AvgIpc) is 3.77. The zero-order valence-electron chi connectivity index (χ0n) is 30.5. The van der Waals surface area contributed by atoms with Gasteiger partial charge < -0.3 is 0 Å². The van der Waals surface area contributed by atoms with Crippen molar-refractivity contribution in [3.05, 3.63) is 150 Å². The third-order valence-electron chi connectivity index (χ3n) is 11.8. The van der Waals surface area contributed by atoms with Gasteiger partial charge in [-0.1, -0.05) is 42.5 Å². The Morgan fingerprint density at radius 1 is 0.608 bits per heavy atom. The Kier molecular flexibility index (Phi) is 5.55. The Labute approximate surface area is 301 Å². The summed E-state index contributed by atoms with van der Waals surface area (Å²) in [6.07, 6.45) is 4.69. The molecule has 1 spiro atoms. The summed E-state index contributed by atoms with van der Waals surface area (Å²) < 4.78 is 22.9. The minimum absolute atomic E-state index is 0.650. The van der Waals surface area contributed by atoms with Gasteiger partial charge in [0.15, 0.2) is 0 Å². The topological polar surface area (TPSA) is 20.9 Å². The van der Waals surface area contributed by atoms with Crippen LogP contribution in [-0.2, 0) is 5.66 Å². The van der Waals surface area contributed by atoms with Gasteiger partial charge in [0.05, 0.1) is 0 Å². The van der Waals surface area contributed by atoms with E-state index in [2.05, 4.69) is 160 Å². The molecule has 4 heteroatoms. The average molecular weight is 720 g/mol. The number of aromatic nitrogens is 2. The molecule has 0 amide bonds. The molecule has 11 rings (SSSR count). The van der Waals surface area contributed by atoms with Crippen LogP contribution >= 0.6 is 0 Å². The van der Waals surface area contributed by atoms with Gasteiger partial charge in [0, 0.05) is 0 Å².